The molecule has 3 heteroatoms. The van der Waals surface area contributed by atoms with Crippen LogP contribution in [0.5, 0.6) is 0 Å². The quantitative estimate of drug-likeness (QED) is 0.506. The molecule has 0 amide bonds. The first-order chi connectivity index (χ1) is 12.1. The lowest BCUT2D eigenvalue weighted by Crippen LogP contribution is -1.85. The number of aromatic amines is 1. The zero-order valence-electron chi connectivity index (χ0n) is 14.6. The van der Waals surface area contributed by atoms with Gasteiger partial charge < -0.3 is 9.40 Å². The van der Waals surface area contributed by atoms with Crippen LogP contribution in [0, 0.1) is 20.8 Å². The van der Waals surface area contributed by atoms with Crippen molar-refractivity contribution in [3.63, 3.8) is 0 Å². The Bertz CT molecular complexity index is 1010. The number of H-pyrrole nitrogens is 1. The van der Waals surface area contributed by atoms with Crippen molar-refractivity contribution in [2.75, 3.05) is 0 Å². The molecule has 0 atom stereocenters. The molecule has 2 aromatic heterocycles. The van der Waals surface area contributed by atoms with Gasteiger partial charge in [0.2, 0.25) is 0 Å². The highest BCUT2D eigenvalue weighted by molar-refractivity contribution is 5.70. The first-order valence-electron chi connectivity index (χ1n) is 8.42. The molecule has 4 aromatic rings. The average Bonchev–Trinajstić information content (AvgIpc) is 3.22. The zero-order valence-corrected chi connectivity index (χ0v) is 14.6. The van der Waals surface area contributed by atoms with Gasteiger partial charge in [0.25, 0.3) is 0 Å². The number of hydrogen-bond acceptors (Lipinski definition) is 2. The molecule has 0 saturated carbocycles. The molecule has 124 valence electrons. The summed E-state index contributed by atoms with van der Waals surface area (Å²) >= 11 is 0. The molecule has 0 aliphatic heterocycles. The number of imidazole rings is 1. The fraction of sp³-hybridized carbons (Fsp3) is 0.136. The molecule has 25 heavy (non-hydrogen) atoms. The number of aryl methyl sites for hydroxylation is 3. The lowest BCUT2D eigenvalue weighted by atomic mass is 10.0. The van der Waals surface area contributed by atoms with Crippen LogP contribution in [0.25, 0.3) is 34.2 Å². The lowest BCUT2D eigenvalue weighted by Gasteiger charge is -2.06. The number of nitrogens with zero attached hydrogens (tertiary/aromatic N) is 1. The highest BCUT2D eigenvalue weighted by Crippen LogP contribution is 2.33. The molecule has 0 aliphatic rings. The second-order valence-electron chi connectivity index (χ2n) is 6.36. The number of furan rings is 1. The third-order valence-corrected chi connectivity index (χ3v) is 4.50. The van der Waals surface area contributed by atoms with Crippen LogP contribution in [0.4, 0.5) is 0 Å². The summed E-state index contributed by atoms with van der Waals surface area (Å²) in [5.74, 6) is 2.39. The molecule has 0 fully saturated rings. The molecule has 0 aliphatic carbocycles. The zero-order chi connectivity index (χ0) is 17.4. The Balaban J connectivity index is 1.74. The van der Waals surface area contributed by atoms with E-state index in [4.69, 9.17) is 9.40 Å². The summed E-state index contributed by atoms with van der Waals surface area (Å²) in [6.07, 6.45) is 0. The third kappa shape index (κ3) is 2.78. The summed E-state index contributed by atoms with van der Waals surface area (Å²) in [4.78, 5) is 8.10. The first kappa shape index (κ1) is 15.5. The van der Waals surface area contributed by atoms with E-state index in [1.807, 2.05) is 37.3 Å². The van der Waals surface area contributed by atoms with Gasteiger partial charge in [-0.2, -0.15) is 0 Å². The molecule has 4 rings (SSSR count). The lowest BCUT2D eigenvalue weighted by molar-refractivity contribution is 0.592. The molecule has 1 N–H and O–H groups in total. The van der Waals surface area contributed by atoms with Crippen molar-refractivity contribution in [3.05, 3.63) is 77.5 Å². The molecule has 0 spiro atoms. The fourth-order valence-corrected chi connectivity index (χ4v) is 3.26. The minimum absolute atomic E-state index is 0.753. The molecule has 0 saturated heterocycles. The summed E-state index contributed by atoms with van der Waals surface area (Å²) in [5, 5.41) is 0. The van der Waals surface area contributed by atoms with Crippen molar-refractivity contribution in [1.82, 2.24) is 9.97 Å². The molecule has 2 aromatic carbocycles. The van der Waals surface area contributed by atoms with Crippen LogP contribution >= 0.6 is 0 Å². The number of rotatable bonds is 3. The number of hydrogen-bond donors (Lipinski definition) is 1. The Kier molecular flexibility index (Phi) is 3.77. The van der Waals surface area contributed by atoms with Gasteiger partial charge >= 0.3 is 0 Å². The molecule has 3 nitrogen and oxygen atoms in total. The summed E-state index contributed by atoms with van der Waals surface area (Å²) < 4.78 is 6.13. The maximum Gasteiger partial charge on any atom is 0.174 e. The third-order valence-electron chi connectivity index (χ3n) is 4.50. The maximum atomic E-state index is 6.13. The van der Waals surface area contributed by atoms with Gasteiger partial charge in [-0.05, 0) is 44.0 Å². The average molecular weight is 328 g/mol. The van der Waals surface area contributed by atoms with Crippen LogP contribution in [-0.4, -0.2) is 9.97 Å². The number of benzene rings is 2. The number of aromatic nitrogens is 2. The van der Waals surface area contributed by atoms with Gasteiger partial charge in [-0.25, -0.2) is 4.98 Å². The van der Waals surface area contributed by atoms with Gasteiger partial charge in [0.05, 0.1) is 5.69 Å². The molecule has 0 bridgehead atoms. The van der Waals surface area contributed by atoms with Gasteiger partial charge in [-0.15, -0.1) is 0 Å². The van der Waals surface area contributed by atoms with Crippen LogP contribution in [0.1, 0.15) is 16.8 Å². The van der Waals surface area contributed by atoms with Crippen molar-refractivity contribution in [3.8, 4) is 34.2 Å². The van der Waals surface area contributed by atoms with Crippen molar-refractivity contribution in [2.24, 2.45) is 0 Å². The van der Waals surface area contributed by atoms with E-state index in [1.165, 1.54) is 11.1 Å². The second-order valence-corrected chi connectivity index (χ2v) is 6.36. The van der Waals surface area contributed by atoms with Crippen LogP contribution in [0.15, 0.2) is 65.1 Å². The van der Waals surface area contributed by atoms with Crippen molar-refractivity contribution in [2.45, 2.75) is 20.8 Å². The summed E-state index contributed by atoms with van der Waals surface area (Å²) in [7, 11) is 0. The van der Waals surface area contributed by atoms with E-state index >= 15 is 0 Å². The van der Waals surface area contributed by atoms with Crippen LogP contribution in [0.2, 0.25) is 0 Å². The van der Waals surface area contributed by atoms with Gasteiger partial charge in [-0.3, -0.25) is 0 Å². The Hall–Kier alpha value is -3.07. The monoisotopic (exact) mass is 328 g/mol. The van der Waals surface area contributed by atoms with E-state index in [2.05, 4.69) is 49.2 Å². The summed E-state index contributed by atoms with van der Waals surface area (Å²) in [6.45, 7) is 6.25. The van der Waals surface area contributed by atoms with Gasteiger partial charge in [0.15, 0.2) is 11.6 Å². The highest BCUT2D eigenvalue weighted by atomic mass is 16.3. The Morgan fingerprint density at radius 1 is 0.760 bits per heavy atom. The van der Waals surface area contributed by atoms with Crippen LogP contribution in [0.3, 0.4) is 0 Å². The van der Waals surface area contributed by atoms with Gasteiger partial charge in [0.1, 0.15) is 5.76 Å². The normalized spacial score (nSPS) is 11.0. The predicted octanol–water partition coefficient (Wildman–Crippen LogP) is 5.93. The molecular formula is C22H20N2O. The largest absolute Gasteiger partial charge is 0.453 e. The topological polar surface area (TPSA) is 41.8 Å². The van der Waals surface area contributed by atoms with Gasteiger partial charge in [0, 0.05) is 16.8 Å². The van der Waals surface area contributed by atoms with Crippen LogP contribution < -0.4 is 0 Å². The summed E-state index contributed by atoms with van der Waals surface area (Å²) in [6, 6.07) is 20.5. The fourth-order valence-electron chi connectivity index (χ4n) is 3.26. The molecule has 0 radical (unpaired) electrons. The Labute approximate surface area is 147 Å². The van der Waals surface area contributed by atoms with E-state index in [1.54, 1.807) is 0 Å². The SMILES string of the molecule is Cc1cccc(C)c1-c1ccc(-c2nc(-c3ccccc3)c(C)[nH]2)o1. The van der Waals surface area contributed by atoms with Crippen molar-refractivity contribution in [1.29, 1.82) is 0 Å². The highest BCUT2D eigenvalue weighted by Gasteiger charge is 2.15. The van der Waals surface area contributed by atoms with Crippen molar-refractivity contribution < 1.29 is 4.42 Å². The van der Waals surface area contributed by atoms with Crippen molar-refractivity contribution >= 4 is 0 Å². The molecule has 0 unspecified atom stereocenters. The van der Waals surface area contributed by atoms with E-state index < -0.39 is 0 Å². The summed E-state index contributed by atoms with van der Waals surface area (Å²) in [5.41, 5.74) is 6.67. The minimum atomic E-state index is 0.753. The number of nitrogens with one attached hydrogen (secondary N) is 1. The molecule has 2 heterocycles. The van der Waals surface area contributed by atoms with Gasteiger partial charge in [-0.1, -0.05) is 48.5 Å². The Morgan fingerprint density at radius 3 is 2.16 bits per heavy atom. The minimum Gasteiger partial charge on any atom is -0.453 e. The Morgan fingerprint density at radius 2 is 1.44 bits per heavy atom. The van der Waals surface area contributed by atoms with E-state index in [9.17, 15) is 0 Å². The van der Waals surface area contributed by atoms with E-state index in [0.717, 1.165) is 39.9 Å². The van der Waals surface area contributed by atoms with E-state index in [0.29, 0.717) is 0 Å². The second kappa shape index (κ2) is 6.10. The standard InChI is InChI=1S/C22H20N2O/c1-14-8-7-9-15(2)20(14)18-12-13-19(25-18)22-23-16(3)21(24-22)17-10-5-4-6-11-17/h4-13H,1-3H3,(H,23,24). The predicted molar refractivity (Wildman–Crippen MR) is 101 cm³/mol. The van der Waals surface area contributed by atoms with E-state index in [-0.39, 0.29) is 0 Å². The molecular weight excluding hydrogens is 308 g/mol. The van der Waals surface area contributed by atoms with Crippen LogP contribution in [-0.2, 0) is 0 Å². The smallest absolute Gasteiger partial charge is 0.174 e. The first-order valence-corrected chi connectivity index (χ1v) is 8.42. The maximum absolute atomic E-state index is 6.13.